The average Bonchev–Trinajstić information content (AvgIpc) is 2.28. The Hall–Kier alpha value is -2.05. The third-order valence-electron chi connectivity index (χ3n) is 2.27. The van der Waals surface area contributed by atoms with Gasteiger partial charge in [-0.2, -0.15) is 0 Å². The van der Waals surface area contributed by atoms with E-state index in [1.165, 1.54) is 13.4 Å². The first-order valence-corrected chi connectivity index (χ1v) is 5.18. The first-order chi connectivity index (χ1) is 8.08. The fraction of sp³-hybridized carbons (Fsp3) is 0.500. The Morgan fingerprint density at radius 2 is 2.41 bits per heavy atom. The van der Waals surface area contributed by atoms with E-state index in [9.17, 15) is 9.59 Å². The number of ether oxygens (including phenoxy) is 1. The van der Waals surface area contributed by atoms with Crippen LogP contribution in [0.5, 0.6) is 5.75 Å². The number of anilines is 1. The van der Waals surface area contributed by atoms with E-state index < -0.39 is 11.5 Å². The van der Waals surface area contributed by atoms with Crippen molar-refractivity contribution in [1.29, 1.82) is 0 Å². The van der Waals surface area contributed by atoms with Crippen molar-refractivity contribution in [3.8, 4) is 5.75 Å². The lowest BCUT2D eigenvalue weighted by Gasteiger charge is -2.16. The molecule has 3 N–H and O–H groups in total. The highest BCUT2D eigenvalue weighted by Crippen LogP contribution is 2.17. The zero-order chi connectivity index (χ0) is 12.8. The molecule has 0 aliphatic rings. The Kier molecular flexibility index (Phi) is 4.50. The average molecular weight is 241 g/mol. The summed E-state index contributed by atoms with van der Waals surface area (Å²) in [5.74, 6) is -0.603. The fourth-order valence-corrected chi connectivity index (χ4v) is 1.38. The van der Waals surface area contributed by atoms with Crippen LogP contribution in [-0.2, 0) is 4.79 Å². The van der Waals surface area contributed by atoms with Gasteiger partial charge in [0.2, 0.25) is 5.75 Å². The van der Waals surface area contributed by atoms with Crippen LogP contribution in [0.15, 0.2) is 11.1 Å². The predicted molar refractivity (Wildman–Crippen MR) is 61.4 cm³/mol. The SMILES string of the molecule is CCC(CC(=O)O)Nc1nc[nH]c(=O)c1OC. The molecule has 0 radical (unpaired) electrons. The van der Waals surface area contributed by atoms with E-state index in [2.05, 4.69) is 15.3 Å². The molecule has 94 valence electrons. The Morgan fingerprint density at radius 3 is 2.94 bits per heavy atom. The third kappa shape index (κ3) is 3.47. The van der Waals surface area contributed by atoms with E-state index in [0.717, 1.165) is 0 Å². The van der Waals surface area contributed by atoms with Crippen LogP contribution < -0.4 is 15.6 Å². The van der Waals surface area contributed by atoms with Gasteiger partial charge in [0, 0.05) is 6.04 Å². The van der Waals surface area contributed by atoms with Gasteiger partial charge in [0.25, 0.3) is 5.56 Å². The van der Waals surface area contributed by atoms with Crippen LogP contribution in [0.25, 0.3) is 0 Å². The maximum atomic E-state index is 11.4. The monoisotopic (exact) mass is 241 g/mol. The van der Waals surface area contributed by atoms with Crippen LogP contribution in [0.1, 0.15) is 19.8 Å². The second-order valence-corrected chi connectivity index (χ2v) is 3.46. The molecule has 0 saturated heterocycles. The van der Waals surface area contributed by atoms with Crippen molar-refractivity contribution in [1.82, 2.24) is 9.97 Å². The minimum absolute atomic E-state index is 0.0475. The Balaban J connectivity index is 2.89. The first kappa shape index (κ1) is 13.0. The lowest BCUT2D eigenvalue weighted by molar-refractivity contribution is -0.137. The second kappa shape index (κ2) is 5.88. The molecule has 17 heavy (non-hydrogen) atoms. The number of aliphatic carboxylic acids is 1. The van der Waals surface area contributed by atoms with Crippen LogP contribution in [0.3, 0.4) is 0 Å². The molecule has 1 aromatic heterocycles. The largest absolute Gasteiger partial charge is 0.489 e. The summed E-state index contributed by atoms with van der Waals surface area (Å²) in [7, 11) is 1.36. The molecular weight excluding hydrogens is 226 g/mol. The van der Waals surface area contributed by atoms with Gasteiger partial charge in [0.05, 0.1) is 19.9 Å². The van der Waals surface area contributed by atoms with Gasteiger partial charge in [-0.05, 0) is 6.42 Å². The van der Waals surface area contributed by atoms with E-state index in [1.807, 2.05) is 6.92 Å². The van der Waals surface area contributed by atoms with Crippen molar-refractivity contribution in [2.75, 3.05) is 12.4 Å². The number of rotatable bonds is 6. The number of hydrogen-bond acceptors (Lipinski definition) is 5. The molecule has 1 rings (SSSR count). The van der Waals surface area contributed by atoms with Crippen LogP contribution >= 0.6 is 0 Å². The van der Waals surface area contributed by atoms with Crippen molar-refractivity contribution in [3.05, 3.63) is 16.7 Å². The molecule has 0 amide bonds. The van der Waals surface area contributed by atoms with Crippen molar-refractivity contribution in [2.45, 2.75) is 25.8 Å². The van der Waals surface area contributed by atoms with E-state index in [0.29, 0.717) is 6.42 Å². The van der Waals surface area contributed by atoms with Crippen LogP contribution in [-0.4, -0.2) is 34.2 Å². The number of nitrogens with zero attached hydrogens (tertiary/aromatic N) is 1. The molecule has 1 unspecified atom stereocenters. The smallest absolute Gasteiger partial charge is 0.305 e. The second-order valence-electron chi connectivity index (χ2n) is 3.46. The predicted octanol–water partition coefficient (Wildman–Crippen LogP) is 0.444. The van der Waals surface area contributed by atoms with Gasteiger partial charge in [-0.3, -0.25) is 9.59 Å². The molecule has 0 saturated carbocycles. The van der Waals surface area contributed by atoms with Crippen LogP contribution in [0, 0.1) is 0 Å². The minimum atomic E-state index is -0.909. The van der Waals surface area contributed by atoms with E-state index >= 15 is 0 Å². The highest BCUT2D eigenvalue weighted by atomic mass is 16.5. The number of methoxy groups -OCH3 is 1. The molecule has 1 heterocycles. The summed E-state index contributed by atoms with van der Waals surface area (Å²) in [5, 5.41) is 11.6. The van der Waals surface area contributed by atoms with Crippen molar-refractivity contribution < 1.29 is 14.6 Å². The Labute approximate surface area is 97.8 Å². The molecule has 7 heteroatoms. The number of hydrogen-bond donors (Lipinski definition) is 3. The highest BCUT2D eigenvalue weighted by molar-refractivity contribution is 5.68. The number of nitrogens with one attached hydrogen (secondary N) is 2. The summed E-state index contributed by atoms with van der Waals surface area (Å²) in [6.45, 7) is 1.85. The lowest BCUT2D eigenvalue weighted by Crippen LogP contribution is -2.24. The molecule has 0 fully saturated rings. The number of aromatic amines is 1. The quantitative estimate of drug-likeness (QED) is 0.667. The van der Waals surface area contributed by atoms with Crippen molar-refractivity contribution >= 4 is 11.8 Å². The summed E-state index contributed by atoms with van der Waals surface area (Å²) < 4.78 is 4.91. The topological polar surface area (TPSA) is 104 Å². The highest BCUT2D eigenvalue weighted by Gasteiger charge is 2.15. The summed E-state index contributed by atoms with van der Waals surface area (Å²) in [4.78, 5) is 28.3. The lowest BCUT2D eigenvalue weighted by atomic mass is 10.1. The molecule has 0 aromatic carbocycles. The zero-order valence-electron chi connectivity index (χ0n) is 9.69. The summed E-state index contributed by atoms with van der Waals surface area (Å²) in [5.41, 5.74) is -0.407. The molecular formula is C10H15N3O4. The third-order valence-corrected chi connectivity index (χ3v) is 2.27. The summed E-state index contributed by atoms with van der Waals surface area (Å²) in [6, 6.07) is -0.296. The van der Waals surface area contributed by atoms with Crippen molar-refractivity contribution in [2.24, 2.45) is 0 Å². The van der Waals surface area contributed by atoms with Crippen LogP contribution in [0.4, 0.5) is 5.82 Å². The first-order valence-electron chi connectivity index (χ1n) is 5.18. The molecule has 1 atom stereocenters. The van der Waals surface area contributed by atoms with Gasteiger partial charge in [0.1, 0.15) is 0 Å². The zero-order valence-corrected chi connectivity index (χ0v) is 9.69. The Bertz CT molecular complexity index is 443. The maximum absolute atomic E-state index is 11.4. The summed E-state index contributed by atoms with van der Waals surface area (Å²) >= 11 is 0. The molecule has 7 nitrogen and oxygen atoms in total. The van der Waals surface area contributed by atoms with Gasteiger partial charge in [-0.1, -0.05) is 6.92 Å². The molecule has 0 spiro atoms. The van der Waals surface area contributed by atoms with Gasteiger partial charge in [0.15, 0.2) is 5.82 Å². The van der Waals surface area contributed by atoms with Gasteiger partial charge in [-0.25, -0.2) is 4.98 Å². The minimum Gasteiger partial charge on any atom is -0.489 e. The number of H-pyrrole nitrogens is 1. The Morgan fingerprint density at radius 1 is 1.71 bits per heavy atom. The van der Waals surface area contributed by atoms with Gasteiger partial charge in [-0.15, -0.1) is 0 Å². The van der Waals surface area contributed by atoms with Gasteiger partial charge < -0.3 is 20.1 Å². The number of aromatic nitrogens is 2. The summed E-state index contributed by atoms with van der Waals surface area (Å²) in [6.07, 6.45) is 1.79. The molecule has 0 bridgehead atoms. The van der Waals surface area contributed by atoms with E-state index in [4.69, 9.17) is 9.84 Å². The van der Waals surface area contributed by atoms with Crippen molar-refractivity contribution in [3.63, 3.8) is 0 Å². The number of carbonyl (C=O) groups is 1. The molecule has 0 aliphatic heterocycles. The maximum Gasteiger partial charge on any atom is 0.305 e. The molecule has 1 aromatic rings. The fourth-order valence-electron chi connectivity index (χ4n) is 1.38. The normalized spacial score (nSPS) is 11.9. The number of carboxylic acid groups (broad SMARTS) is 1. The van der Waals surface area contributed by atoms with E-state index in [1.54, 1.807) is 0 Å². The van der Waals surface area contributed by atoms with Crippen LogP contribution in [0.2, 0.25) is 0 Å². The van der Waals surface area contributed by atoms with Gasteiger partial charge >= 0.3 is 5.97 Å². The standard InChI is InChI=1S/C10H15N3O4/c1-3-6(4-7(14)15)13-9-8(17-2)10(16)12-5-11-9/h5-6H,3-4H2,1-2H3,(H,14,15)(H2,11,12,13,16). The number of carboxylic acids is 1. The molecule has 0 aliphatic carbocycles. The van der Waals surface area contributed by atoms with E-state index in [-0.39, 0.29) is 24.0 Å².